The fourth-order valence-corrected chi connectivity index (χ4v) is 1.72. The number of ether oxygens (including phenoxy) is 1. The number of hydrogen-bond donors (Lipinski definition) is 1. The number of aromatic nitrogens is 1. The number of aromatic carboxylic acids is 1. The molecule has 0 unspecified atom stereocenters. The molecule has 0 aliphatic heterocycles. The minimum Gasteiger partial charge on any atom is -0.496 e. The zero-order valence-electron chi connectivity index (χ0n) is 9.55. The highest BCUT2D eigenvalue weighted by Crippen LogP contribution is 2.32. The van der Waals surface area contributed by atoms with Crippen LogP contribution >= 0.6 is 0 Å². The highest BCUT2D eigenvalue weighted by atomic mass is 19.1. The Labute approximate surface area is 103 Å². The first-order valence-corrected chi connectivity index (χ1v) is 5.15. The van der Waals surface area contributed by atoms with Crippen LogP contribution in [0.2, 0.25) is 0 Å². The topological polar surface area (TPSA) is 59.4 Å². The molecule has 0 fully saturated rings. The van der Waals surface area contributed by atoms with Gasteiger partial charge in [-0.2, -0.15) is 0 Å². The summed E-state index contributed by atoms with van der Waals surface area (Å²) in [5, 5.41) is 9.06. The number of methoxy groups -OCH3 is 1. The number of halogens is 1. The van der Waals surface area contributed by atoms with Crippen LogP contribution in [0.25, 0.3) is 11.1 Å². The van der Waals surface area contributed by atoms with Gasteiger partial charge in [0, 0.05) is 17.3 Å². The Morgan fingerprint density at radius 1 is 1.28 bits per heavy atom. The molecule has 0 aliphatic carbocycles. The second-order valence-electron chi connectivity index (χ2n) is 3.55. The molecule has 0 atom stereocenters. The molecule has 0 spiro atoms. The van der Waals surface area contributed by atoms with Gasteiger partial charge in [-0.3, -0.25) is 4.98 Å². The highest BCUT2D eigenvalue weighted by Gasteiger charge is 2.19. The molecule has 1 N–H and O–H groups in total. The number of rotatable bonds is 3. The van der Waals surface area contributed by atoms with Crippen LogP contribution in [0.5, 0.6) is 5.75 Å². The van der Waals surface area contributed by atoms with Gasteiger partial charge in [-0.05, 0) is 6.07 Å². The third-order valence-electron chi connectivity index (χ3n) is 2.51. The Morgan fingerprint density at radius 2 is 2.00 bits per heavy atom. The Hall–Kier alpha value is -2.43. The second kappa shape index (κ2) is 4.83. The van der Waals surface area contributed by atoms with Crippen molar-refractivity contribution in [2.75, 3.05) is 7.11 Å². The molecular formula is C13H10FNO3. The molecule has 0 saturated carbocycles. The van der Waals surface area contributed by atoms with E-state index in [9.17, 15) is 9.18 Å². The third-order valence-corrected chi connectivity index (χ3v) is 2.51. The van der Waals surface area contributed by atoms with Gasteiger partial charge < -0.3 is 9.84 Å². The molecule has 0 radical (unpaired) electrons. The number of pyridine rings is 1. The van der Waals surface area contributed by atoms with E-state index in [-0.39, 0.29) is 5.56 Å². The van der Waals surface area contributed by atoms with E-state index in [0.29, 0.717) is 11.3 Å². The van der Waals surface area contributed by atoms with E-state index in [0.717, 1.165) is 6.20 Å². The highest BCUT2D eigenvalue weighted by molar-refractivity contribution is 5.96. The van der Waals surface area contributed by atoms with Crippen molar-refractivity contribution < 1.29 is 19.0 Å². The van der Waals surface area contributed by atoms with Crippen molar-refractivity contribution in [1.29, 1.82) is 0 Å². The van der Waals surface area contributed by atoms with Crippen molar-refractivity contribution in [2.24, 2.45) is 0 Å². The predicted molar refractivity (Wildman–Crippen MR) is 63.1 cm³/mol. The number of carboxylic acids is 1. The lowest BCUT2D eigenvalue weighted by atomic mass is 10.0. The number of hydrogen-bond acceptors (Lipinski definition) is 3. The average Bonchev–Trinajstić information content (AvgIpc) is 2.38. The van der Waals surface area contributed by atoms with Gasteiger partial charge in [-0.15, -0.1) is 0 Å². The standard InChI is InChI=1S/C13H10FNO3/c1-18-11-5-3-2-4-8(11)9-6-15-7-10(14)12(9)13(16)17/h2-7H,1H3,(H,16,17). The van der Waals surface area contributed by atoms with Gasteiger partial charge in [0.05, 0.1) is 13.3 Å². The quantitative estimate of drug-likeness (QED) is 0.905. The molecule has 0 bridgehead atoms. The molecule has 0 aliphatic rings. The van der Waals surface area contributed by atoms with Crippen LogP contribution in [0.15, 0.2) is 36.7 Å². The van der Waals surface area contributed by atoms with Crippen molar-refractivity contribution >= 4 is 5.97 Å². The predicted octanol–water partition coefficient (Wildman–Crippen LogP) is 2.59. The molecule has 18 heavy (non-hydrogen) atoms. The van der Waals surface area contributed by atoms with E-state index in [2.05, 4.69) is 4.98 Å². The number of benzene rings is 1. The summed E-state index contributed by atoms with van der Waals surface area (Å²) in [4.78, 5) is 14.8. The smallest absolute Gasteiger partial charge is 0.339 e. The van der Waals surface area contributed by atoms with Gasteiger partial charge in [0.15, 0.2) is 5.82 Å². The van der Waals surface area contributed by atoms with Crippen LogP contribution in [-0.4, -0.2) is 23.2 Å². The van der Waals surface area contributed by atoms with Gasteiger partial charge >= 0.3 is 5.97 Å². The van der Waals surface area contributed by atoms with E-state index >= 15 is 0 Å². The third kappa shape index (κ3) is 2.02. The Bertz CT molecular complexity index is 599. The zero-order valence-corrected chi connectivity index (χ0v) is 9.55. The summed E-state index contributed by atoms with van der Waals surface area (Å²) in [6.45, 7) is 0. The molecule has 1 aromatic carbocycles. The normalized spacial score (nSPS) is 10.1. The zero-order chi connectivity index (χ0) is 13.1. The minimum atomic E-state index is -1.34. The van der Waals surface area contributed by atoms with Crippen molar-refractivity contribution in [1.82, 2.24) is 4.98 Å². The van der Waals surface area contributed by atoms with Crippen molar-refractivity contribution in [3.63, 3.8) is 0 Å². The van der Waals surface area contributed by atoms with E-state index in [1.54, 1.807) is 24.3 Å². The lowest BCUT2D eigenvalue weighted by molar-refractivity contribution is 0.0692. The second-order valence-corrected chi connectivity index (χ2v) is 3.55. The molecule has 1 aromatic heterocycles. The Kier molecular flexibility index (Phi) is 3.23. The van der Waals surface area contributed by atoms with Crippen LogP contribution in [0.3, 0.4) is 0 Å². The molecule has 0 amide bonds. The number of carboxylic acid groups (broad SMARTS) is 1. The van der Waals surface area contributed by atoms with Crippen LogP contribution < -0.4 is 4.74 Å². The molecule has 5 heteroatoms. The van der Waals surface area contributed by atoms with Crippen LogP contribution in [0.1, 0.15) is 10.4 Å². The summed E-state index contributed by atoms with van der Waals surface area (Å²) in [6.07, 6.45) is 2.19. The number of nitrogens with zero attached hydrogens (tertiary/aromatic N) is 1. The monoisotopic (exact) mass is 247 g/mol. The summed E-state index contributed by atoms with van der Waals surface area (Å²) in [6, 6.07) is 6.79. The molecule has 2 rings (SSSR count). The van der Waals surface area contributed by atoms with Gasteiger partial charge in [0.1, 0.15) is 11.3 Å². The maximum absolute atomic E-state index is 13.5. The maximum Gasteiger partial charge on any atom is 0.339 e. The molecule has 92 valence electrons. The van der Waals surface area contributed by atoms with Crippen LogP contribution in [0, 0.1) is 5.82 Å². The summed E-state index contributed by atoms with van der Waals surface area (Å²) >= 11 is 0. The fraction of sp³-hybridized carbons (Fsp3) is 0.0769. The summed E-state index contributed by atoms with van der Waals surface area (Å²) in [5.41, 5.74) is 0.277. The van der Waals surface area contributed by atoms with Crippen LogP contribution in [-0.2, 0) is 0 Å². The maximum atomic E-state index is 13.5. The van der Waals surface area contributed by atoms with Gasteiger partial charge in [0.25, 0.3) is 0 Å². The lowest BCUT2D eigenvalue weighted by Gasteiger charge is -2.10. The lowest BCUT2D eigenvalue weighted by Crippen LogP contribution is -2.05. The first-order valence-electron chi connectivity index (χ1n) is 5.15. The minimum absolute atomic E-state index is 0.194. The van der Waals surface area contributed by atoms with E-state index in [4.69, 9.17) is 9.84 Å². The van der Waals surface area contributed by atoms with Crippen molar-refractivity contribution in [3.8, 4) is 16.9 Å². The molecule has 4 nitrogen and oxygen atoms in total. The van der Waals surface area contributed by atoms with Crippen LogP contribution in [0.4, 0.5) is 4.39 Å². The average molecular weight is 247 g/mol. The van der Waals surface area contributed by atoms with Gasteiger partial charge in [-0.1, -0.05) is 18.2 Å². The van der Waals surface area contributed by atoms with Crippen molar-refractivity contribution in [2.45, 2.75) is 0 Å². The summed E-state index contributed by atoms with van der Waals surface area (Å²) in [5.74, 6) is -1.74. The van der Waals surface area contributed by atoms with E-state index in [1.165, 1.54) is 13.3 Å². The number of carbonyl (C=O) groups is 1. The first-order chi connectivity index (χ1) is 8.65. The van der Waals surface area contributed by atoms with Gasteiger partial charge in [0.2, 0.25) is 0 Å². The Morgan fingerprint density at radius 3 is 2.67 bits per heavy atom. The first kappa shape index (κ1) is 12.0. The van der Waals surface area contributed by atoms with Crippen molar-refractivity contribution in [3.05, 3.63) is 48.0 Å². The van der Waals surface area contributed by atoms with E-state index < -0.39 is 17.3 Å². The summed E-state index contributed by atoms with van der Waals surface area (Å²) < 4.78 is 18.7. The fourth-order valence-electron chi connectivity index (χ4n) is 1.72. The molecular weight excluding hydrogens is 237 g/mol. The summed E-state index contributed by atoms with van der Waals surface area (Å²) in [7, 11) is 1.46. The van der Waals surface area contributed by atoms with E-state index in [1.807, 2.05) is 0 Å². The van der Waals surface area contributed by atoms with Gasteiger partial charge in [-0.25, -0.2) is 9.18 Å². The SMILES string of the molecule is COc1ccccc1-c1cncc(F)c1C(=O)O. The largest absolute Gasteiger partial charge is 0.496 e. The molecule has 0 saturated heterocycles. The molecule has 1 heterocycles. The Balaban J connectivity index is 2.71. The number of para-hydroxylation sites is 1. The molecule has 2 aromatic rings.